The maximum absolute atomic E-state index is 13.4. The van der Waals surface area contributed by atoms with E-state index in [9.17, 15) is 9.59 Å². The second-order valence-corrected chi connectivity index (χ2v) is 9.67. The summed E-state index contributed by atoms with van der Waals surface area (Å²) in [4.78, 5) is 29.8. The zero-order valence-corrected chi connectivity index (χ0v) is 21.1. The van der Waals surface area contributed by atoms with Gasteiger partial charge in [-0.1, -0.05) is 64.4 Å². The van der Waals surface area contributed by atoms with Gasteiger partial charge in [-0.25, -0.2) is 0 Å². The van der Waals surface area contributed by atoms with Crippen molar-refractivity contribution < 1.29 is 9.59 Å². The molecule has 0 aliphatic rings. The van der Waals surface area contributed by atoms with Crippen LogP contribution in [0.5, 0.6) is 0 Å². The summed E-state index contributed by atoms with van der Waals surface area (Å²) in [6.45, 7) is 13.9. The Kier molecular flexibility index (Phi) is 9.83. The molecular formula is C26H38ClN3O2. The molecule has 1 heterocycles. The molecule has 6 heteroatoms. The van der Waals surface area contributed by atoms with Gasteiger partial charge in [0.25, 0.3) is 0 Å². The van der Waals surface area contributed by atoms with Gasteiger partial charge in [0.05, 0.1) is 6.54 Å². The van der Waals surface area contributed by atoms with Crippen molar-refractivity contribution in [2.24, 2.45) is 11.8 Å². The van der Waals surface area contributed by atoms with Gasteiger partial charge in [0.2, 0.25) is 11.8 Å². The monoisotopic (exact) mass is 459 g/mol. The average molecular weight is 460 g/mol. The molecule has 5 nitrogen and oxygen atoms in total. The second-order valence-electron chi connectivity index (χ2n) is 9.27. The fourth-order valence-corrected chi connectivity index (χ4v) is 3.89. The number of rotatable bonds is 11. The van der Waals surface area contributed by atoms with Crippen LogP contribution >= 0.6 is 11.6 Å². The molecule has 1 aromatic carbocycles. The lowest BCUT2D eigenvalue weighted by Gasteiger charge is -2.33. The highest BCUT2D eigenvalue weighted by Gasteiger charge is 2.27. The van der Waals surface area contributed by atoms with Gasteiger partial charge < -0.3 is 14.4 Å². The third-order valence-corrected chi connectivity index (χ3v) is 6.09. The summed E-state index contributed by atoms with van der Waals surface area (Å²) < 4.78 is 2.13. The molecule has 0 saturated heterocycles. The minimum atomic E-state index is -0.136. The predicted molar refractivity (Wildman–Crippen MR) is 132 cm³/mol. The fourth-order valence-electron chi connectivity index (χ4n) is 3.70. The summed E-state index contributed by atoms with van der Waals surface area (Å²) in [7, 11) is 0. The van der Waals surface area contributed by atoms with Crippen molar-refractivity contribution >= 4 is 23.4 Å². The third kappa shape index (κ3) is 7.13. The van der Waals surface area contributed by atoms with E-state index in [2.05, 4.69) is 18.4 Å². The predicted octanol–water partition coefficient (Wildman–Crippen LogP) is 5.46. The van der Waals surface area contributed by atoms with Crippen molar-refractivity contribution in [2.45, 2.75) is 67.1 Å². The topological polar surface area (TPSA) is 45.6 Å². The van der Waals surface area contributed by atoms with E-state index in [0.29, 0.717) is 25.6 Å². The van der Waals surface area contributed by atoms with Gasteiger partial charge in [0.15, 0.2) is 0 Å². The van der Waals surface area contributed by atoms with E-state index in [1.165, 1.54) is 0 Å². The van der Waals surface area contributed by atoms with E-state index in [1.54, 1.807) is 4.90 Å². The Labute approximate surface area is 198 Å². The number of nitrogens with zero attached hydrogens (tertiary/aromatic N) is 3. The normalized spacial score (nSPS) is 12.3. The molecule has 1 aromatic heterocycles. The van der Waals surface area contributed by atoms with Crippen LogP contribution in [-0.2, 0) is 22.7 Å². The van der Waals surface area contributed by atoms with Crippen LogP contribution in [0.3, 0.4) is 0 Å². The maximum atomic E-state index is 13.4. The highest BCUT2D eigenvalue weighted by molar-refractivity contribution is 6.31. The first-order chi connectivity index (χ1) is 15.1. The quantitative estimate of drug-likeness (QED) is 0.448. The lowest BCUT2D eigenvalue weighted by atomic mass is 10.1. The first-order valence-electron chi connectivity index (χ1n) is 11.6. The molecule has 1 unspecified atom stereocenters. The molecule has 0 N–H and O–H groups in total. The summed E-state index contributed by atoms with van der Waals surface area (Å²) in [6, 6.07) is 11.9. The molecule has 0 bridgehead atoms. The van der Waals surface area contributed by atoms with E-state index >= 15 is 0 Å². The van der Waals surface area contributed by atoms with Crippen molar-refractivity contribution in [2.75, 3.05) is 13.1 Å². The van der Waals surface area contributed by atoms with E-state index in [0.717, 1.165) is 22.7 Å². The van der Waals surface area contributed by atoms with Crippen LogP contribution in [0.15, 0.2) is 42.6 Å². The van der Waals surface area contributed by atoms with Crippen LogP contribution in [0.2, 0.25) is 5.02 Å². The minimum Gasteiger partial charge on any atom is -0.345 e. The van der Waals surface area contributed by atoms with E-state index in [-0.39, 0.29) is 30.3 Å². The number of amides is 2. The molecule has 0 aliphatic carbocycles. The minimum absolute atomic E-state index is 0.0153. The third-order valence-electron chi connectivity index (χ3n) is 5.72. The molecule has 1 atom stereocenters. The van der Waals surface area contributed by atoms with Crippen molar-refractivity contribution in [3.05, 3.63) is 58.9 Å². The Morgan fingerprint density at radius 3 is 2.31 bits per heavy atom. The zero-order valence-electron chi connectivity index (χ0n) is 20.3. The van der Waals surface area contributed by atoms with Gasteiger partial charge in [-0.3, -0.25) is 9.59 Å². The summed E-state index contributed by atoms with van der Waals surface area (Å²) in [6.07, 6.45) is 2.83. The SMILES string of the molecule is CCC(C)N(CC(=O)N(Cc1cccn1Cc1ccccc1Cl)CC(C)C)C(=O)C(C)C. The zero-order chi connectivity index (χ0) is 23.8. The lowest BCUT2D eigenvalue weighted by molar-refractivity contribution is -0.144. The van der Waals surface area contributed by atoms with Gasteiger partial charge >= 0.3 is 0 Å². The molecule has 2 rings (SSSR count). The number of benzene rings is 1. The van der Waals surface area contributed by atoms with Gasteiger partial charge in [-0.05, 0) is 43.0 Å². The summed E-state index contributed by atoms with van der Waals surface area (Å²) >= 11 is 6.36. The Bertz CT molecular complexity index is 891. The van der Waals surface area contributed by atoms with Gasteiger partial charge in [-0.2, -0.15) is 0 Å². The summed E-state index contributed by atoms with van der Waals surface area (Å²) in [5.74, 6) is 0.199. The Morgan fingerprint density at radius 2 is 1.72 bits per heavy atom. The number of hydrogen-bond donors (Lipinski definition) is 0. The van der Waals surface area contributed by atoms with Crippen LogP contribution in [0, 0.1) is 11.8 Å². The summed E-state index contributed by atoms with van der Waals surface area (Å²) in [5, 5.41) is 0.735. The van der Waals surface area contributed by atoms with E-state index in [4.69, 9.17) is 11.6 Å². The Balaban J connectivity index is 2.22. The molecule has 176 valence electrons. The number of carbonyl (C=O) groups is 2. The fraction of sp³-hybridized carbons (Fsp3) is 0.538. The van der Waals surface area contributed by atoms with E-state index < -0.39 is 0 Å². The van der Waals surface area contributed by atoms with Crippen molar-refractivity contribution in [1.29, 1.82) is 0 Å². The van der Waals surface area contributed by atoms with Crippen molar-refractivity contribution in [3.63, 3.8) is 0 Å². The largest absolute Gasteiger partial charge is 0.345 e. The van der Waals surface area contributed by atoms with Crippen LogP contribution in [-0.4, -0.2) is 45.3 Å². The molecule has 0 aliphatic heterocycles. The number of aromatic nitrogens is 1. The number of halogens is 1. The second kappa shape index (κ2) is 12.1. The smallest absolute Gasteiger partial charge is 0.242 e. The molecule has 0 saturated carbocycles. The van der Waals surface area contributed by atoms with Gasteiger partial charge in [-0.15, -0.1) is 0 Å². The Morgan fingerprint density at radius 1 is 1.03 bits per heavy atom. The van der Waals surface area contributed by atoms with Crippen LogP contribution in [0.25, 0.3) is 0 Å². The first kappa shape index (κ1) is 26.0. The molecule has 2 amide bonds. The van der Waals surface area contributed by atoms with Crippen molar-refractivity contribution in [1.82, 2.24) is 14.4 Å². The van der Waals surface area contributed by atoms with Gasteiger partial charge in [0.1, 0.15) is 6.54 Å². The van der Waals surface area contributed by atoms with Crippen molar-refractivity contribution in [3.8, 4) is 0 Å². The first-order valence-corrected chi connectivity index (χ1v) is 12.0. The highest BCUT2D eigenvalue weighted by atomic mass is 35.5. The summed E-state index contributed by atoms with van der Waals surface area (Å²) in [5.41, 5.74) is 2.09. The molecule has 0 fully saturated rings. The van der Waals surface area contributed by atoms with Crippen LogP contribution in [0.4, 0.5) is 0 Å². The standard InChI is InChI=1S/C26H38ClN3O2/c1-7-21(6)30(26(32)20(4)5)18-25(31)29(15-19(2)3)17-23-12-10-14-28(23)16-22-11-8-9-13-24(22)27/h8-14,19-21H,7,15-18H2,1-6H3. The molecule has 32 heavy (non-hydrogen) atoms. The van der Waals surface area contributed by atoms with E-state index in [1.807, 2.05) is 75.2 Å². The highest BCUT2D eigenvalue weighted by Crippen LogP contribution is 2.19. The maximum Gasteiger partial charge on any atom is 0.242 e. The molecule has 2 aromatic rings. The number of hydrogen-bond acceptors (Lipinski definition) is 2. The van der Waals surface area contributed by atoms with Crippen LogP contribution < -0.4 is 0 Å². The lowest BCUT2D eigenvalue weighted by Crippen LogP contribution is -2.48. The average Bonchev–Trinajstić information content (AvgIpc) is 3.18. The molecule has 0 spiro atoms. The van der Waals surface area contributed by atoms with Crippen LogP contribution in [0.1, 0.15) is 59.2 Å². The molecular weight excluding hydrogens is 422 g/mol. The number of carbonyl (C=O) groups excluding carboxylic acids is 2. The molecule has 0 radical (unpaired) electrons. The van der Waals surface area contributed by atoms with Gasteiger partial charge in [0, 0.05) is 42.0 Å². The Hall–Kier alpha value is -2.27.